The van der Waals surface area contributed by atoms with Gasteiger partial charge in [-0.1, -0.05) is 12.1 Å². The number of nitrogens with zero attached hydrogens (tertiary/aromatic N) is 2. The number of benzene rings is 1. The van der Waals surface area contributed by atoms with E-state index in [1.54, 1.807) is 24.3 Å². The summed E-state index contributed by atoms with van der Waals surface area (Å²) in [6, 6.07) is 6.78. The second-order valence-electron chi connectivity index (χ2n) is 3.18. The molecule has 0 aliphatic heterocycles. The van der Waals surface area contributed by atoms with Gasteiger partial charge in [-0.3, -0.25) is 0 Å². The number of carbonyl (C=O) groups excluding carboxylic acids is 1. The molecule has 6 nitrogen and oxygen atoms in total. The maximum Gasteiger partial charge on any atom is 0.362 e. The van der Waals surface area contributed by atoms with Crippen molar-refractivity contribution in [3.8, 4) is 0 Å². The highest BCUT2D eigenvalue weighted by molar-refractivity contribution is 5.88. The summed E-state index contributed by atoms with van der Waals surface area (Å²) in [5.41, 5.74) is 6.23. The van der Waals surface area contributed by atoms with Crippen LogP contribution in [0.15, 0.2) is 46.0 Å². The van der Waals surface area contributed by atoms with E-state index in [2.05, 4.69) is 15.0 Å². The van der Waals surface area contributed by atoms with Crippen LogP contribution in [0, 0.1) is 0 Å². The van der Waals surface area contributed by atoms with Gasteiger partial charge >= 0.3 is 5.97 Å². The molecule has 0 aliphatic carbocycles. The van der Waals surface area contributed by atoms with Crippen molar-refractivity contribution in [2.24, 2.45) is 10.2 Å². The number of nitrogen functional groups attached to an aromatic ring is 1. The summed E-state index contributed by atoms with van der Waals surface area (Å²) in [6.45, 7) is 1.32. The smallest absolute Gasteiger partial charge is 0.362 e. The third-order valence-corrected chi connectivity index (χ3v) is 1.92. The average Bonchev–Trinajstić information content (AvgIpc) is 2.30. The summed E-state index contributed by atoms with van der Waals surface area (Å²) in [5, 5.41) is 16.7. The molecule has 6 heteroatoms. The summed E-state index contributed by atoms with van der Waals surface area (Å²) in [5.74, 6) is -1.03. The van der Waals surface area contributed by atoms with E-state index in [1.807, 2.05) is 0 Å². The van der Waals surface area contributed by atoms with Gasteiger partial charge in [0.2, 0.25) is 5.70 Å². The Balaban J connectivity index is 3.01. The summed E-state index contributed by atoms with van der Waals surface area (Å²) >= 11 is 0. The van der Waals surface area contributed by atoms with E-state index in [1.165, 1.54) is 14.0 Å². The van der Waals surface area contributed by atoms with Gasteiger partial charge in [-0.05, 0) is 19.1 Å². The molecule has 0 aliphatic rings. The van der Waals surface area contributed by atoms with Crippen molar-refractivity contribution >= 4 is 17.3 Å². The number of aliphatic hydroxyl groups excluding tert-OH is 1. The first-order chi connectivity index (χ1) is 8.06. The predicted octanol–water partition coefficient (Wildman–Crippen LogP) is 2.31. The molecular weight excluding hydrogens is 222 g/mol. The molecule has 0 radical (unpaired) electrons. The van der Waals surface area contributed by atoms with Gasteiger partial charge in [0.25, 0.3) is 0 Å². The molecule has 0 fully saturated rings. The van der Waals surface area contributed by atoms with Gasteiger partial charge in [-0.15, -0.1) is 10.2 Å². The number of methoxy groups -OCH3 is 1. The predicted molar refractivity (Wildman–Crippen MR) is 62.7 cm³/mol. The SMILES string of the molecule is COC(=O)C(N=Nc1ccccc1N)=C(C)O. The first-order valence-corrected chi connectivity index (χ1v) is 4.80. The molecule has 0 spiro atoms. The number of aliphatic hydroxyl groups is 1. The Bertz CT molecular complexity index is 477. The van der Waals surface area contributed by atoms with Gasteiger partial charge in [0.15, 0.2) is 0 Å². The molecule has 0 bridgehead atoms. The number of nitrogens with two attached hydrogens (primary N) is 1. The number of esters is 1. The number of rotatable bonds is 3. The molecule has 0 heterocycles. The molecule has 17 heavy (non-hydrogen) atoms. The van der Waals surface area contributed by atoms with Gasteiger partial charge in [0.05, 0.1) is 12.8 Å². The number of azo groups is 1. The van der Waals surface area contributed by atoms with Crippen LogP contribution in [0.3, 0.4) is 0 Å². The lowest BCUT2D eigenvalue weighted by Crippen LogP contribution is -2.04. The maximum absolute atomic E-state index is 11.2. The Kier molecular flexibility index (Phi) is 4.21. The fraction of sp³-hybridized carbons (Fsp3) is 0.182. The molecule has 0 atom stereocenters. The van der Waals surface area contributed by atoms with Crippen LogP contribution in [-0.2, 0) is 9.53 Å². The summed E-state index contributed by atoms with van der Waals surface area (Å²) < 4.78 is 4.45. The van der Waals surface area contributed by atoms with Crippen LogP contribution >= 0.6 is 0 Å². The Morgan fingerprint density at radius 1 is 1.41 bits per heavy atom. The van der Waals surface area contributed by atoms with E-state index in [0.717, 1.165) is 0 Å². The Morgan fingerprint density at radius 3 is 2.59 bits per heavy atom. The maximum atomic E-state index is 11.2. The van der Waals surface area contributed by atoms with Crippen molar-refractivity contribution in [1.29, 1.82) is 0 Å². The largest absolute Gasteiger partial charge is 0.510 e. The highest BCUT2D eigenvalue weighted by Crippen LogP contribution is 2.22. The van der Waals surface area contributed by atoms with Crippen LogP contribution < -0.4 is 5.73 Å². The molecule has 1 rings (SSSR count). The fourth-order valence-corrected chi connectivity index (χ4v) is 1.04. The van der Waals surface area contributed by atoms with Crippen molar-refractivity contribution < 1.29 is 14.6 Å². The van der Waals surface area contributed by atoms with Crippen molar-refractivity contribution in [3.63, 3.8) is 0 Å². The van der Waals surface area contributed by atoms with E-state index in [-0.39, 0.29) is 11.5 Å². The van der Waals surface area contributed by atoms with Crippen LogP contribution in [0.25, 0.3) is 0 Å². The van der Waals surface area contributed by atoms with Crippen LogP contribution in [0.5, 0.6) is 0 Å². The van der Waals surface area contributed by atoms with Gasteiger partial charge in [0, 0.05) is 0 Å². The van der Waals surface area contributed by atoms with Crippen LogP contribution in [0.2, 0.25) is 0 Å². The van der Waals surface area contributed by atoms with Crippen LogP contribution in [0.4, 0.5) is 11.4 Å². The van der Waals surface area contributed by atoms with Crippen molar-refractivity contribution in [2.45, 2.75) is 6.92 Å². The van der Waals surface area contributed by atoms with Crippen molar-refractivity contribution in [2.75, 3.05) is 12.8 Å². The third kappa shape index (κ3) is 3.30. The van der Waals surface area contributed by atoms with Crippen molar-refractivity contribution in [3.05, 3.63) is 35.7 Å². The first kappa shape index (κ1) is 12.7. The van der Waals surface area contributed by atoms with Gasteiger partial charge < -0.3 is 15.6 Å². The normalized spacial score (nSPS) is 12.4. The lowest BCUT2D eigenvalue weighted by atomic mass is 10.3. The highest BCUT2D eigenvalue weighted by Gasteiger charge is 2.12. The highest BCUT2D eigenvalue weighted by atomic mass is 16.5. The topological polar surface area (TPSA) is 97.3 Å². The molecule has 1 aromatic rings. The summed E-state index contributed by atoms with van der Waals surface area (Å²) in [4.78, 5) is 11.2. The van der Waals surface area contributed by atoms with Crippen molar-refractivity contribution in [1.82, 2.24) is 0 Å². The molecule has 3 N–H and O–H groups in total. The van der Waals surface area contributed by atoms with E-state index in [4.69, 9.17) is 5.73 Å². The lowest BCUT2D eigenvalue weighted by Gasteiger charge is -2.00. The fourth-order valence-electron chi connectivity index (χ4n) is 1.04. The number of allylic oxidation sites excluding steroid dienone is 1. The Hall–Kier alpha value is -2.37. The van der Waals surface area contributed by atoms with Crippen LogP contribution in [0.1, 0.15) is 6.92 Å². The van der Waals surface area contributed by atoms with E-state index < -0.39 is 5.97 Å². The third-order valence-electron chi connectivity index (χ3n) is 1.92. The van der Waals surface area contributed by atoms with Gasteiger partial charge in [0.1, 0.15) is 11.4 Å². The number of carbonyl (C=O) groups is 1. The second kappa shape index (κ2) is 5.64. The first-order valence-electron chi connectivity index (χ1n) is 4.80. The monoisotopic (exact) mass is 235 g/mol. The zero-order chi connectivity index (χ0) is 12.8. The van der Waals surface area contributed by atoms with Crippen LogP contribution in [-0.4, -0.2) is 18.2 Å². The molecule has 0 saturated carbocycles. The minimum atomic E-state index is -0.761. The standard InChI is InChI=1S/C11H13N3O3/c1-7(15)10(11(16)17-2)14-13-9-6-4-3-5-8(9)12/h3-6,15H,12H2,1-2H3. The van der Waals surface area contributed by atoms with E-state index >= 15 is 0 Å². The average molecular weight is 235 g/mol. The molecule has 90 valence electrons. The Morgan fingerprint density at radius 2 is 2.06 bits per heavy atom. The number of hydrogen-bond donors (Lipinski definition) is 2. The number of hydrogen-bond acceptors (Lipinski definition) is 6. The minimum absolute atomic E-state index is 0.254. The zero-order valence-corrected chi connectivity index (χ0v) is 9.54. The quantitative estimate of drug-likeness (QED) is 0.276. The molecule has 0 unspecified atom stereocenters. The summed E-state index contributed by atoms with van der Waals surface area (Å²) in [7, 11) is 1.19. The Labute approximate surface area is 98.4 Å². The van der Waals surface area contributed by atoms with Gasteiger partial charge in [-0.25, -0.2) is 4.79 Å². The lowest BCUT2D eigenvalue weighted by molar-refractivity contribution is -0.136. The minimum Gasteiger partial charge on any atom is -0.510 e. The number of para-hydroxylation sites is 1. The molecule has 1 aromatic carbocycles. The molecule has 0 aromatic heterocycles. The number of anilines is 1. The van der Waals surface area contributed by atoms with Gasteiger partial charge in [-0.2, -0.15) is 0 Å². The van der Waals surface area contributed by atoms with E-state index in [9.17, 15) is 9.90 Å². The molecule has 0 amide bonds. The number of ether oxygens (including phenoxy) is 1. The second-order valence-corrected chi connectivity index (χ2v) is 3.18. The van der Waals surface area contributed by atoms with E-state index in [0.29, 0.717) is 11.4 Å². The molecular formula is C11H13N3O3. The summed E-state index contributed by atoms with van der Waals surface area (Å²) in [6.07, 6.45) is 0. The molecule has 0 saturated heterocycles. The zero-order valence-electron chi connectivity index (χ0n) is 9.54.